The second kappa shape index (κ2) is 5.34. The molecule has 3 nitrogen and oxygen atoms in total. The molecule has 0 radical (unpaired) electrons. The van der Waals surface area contributed by atoms with Crippen LogP contribution >= 0.6 is 0 Å². The Bertz CT molecular complexity index is 482. The van der Waals surface area contributed by atoms with Crippen molar-refractivity contribution in [1.82, 2.24) is 0 Å². The molecular formula is C14H14O3. The fourth-order valence-corrected chi connectivity index (χ4v) is 1.58. The molecule has 0 atom stereocenters. The zero-order valence-electron chi connectivity index (χ0n) is 9.68. The molecule has 0 amide bonds. The lowest BCUT2D eigenvalue weighted by molar-refractivity contribution is 0.109. The molecule has 1 heterocycles. The minimum Gasteiger partial charge on any atom is -0.426 e. The quantitative estimate of drug-likeness (QED) is 0.732. The van der Waals surface area contributed by atoms with Gasteiger partial charge in [0.25, 0.3) is 5.95 Å². The normalized spacial score (nSPS) is 10.2. The first-order valence-electron chi connectivity index (χ1n) is 5.63. The highest BCUT2D eigenvalue weighted by atomic mass is 16.6. The maximum Gasteiger partial charge on any atom is 0.290 e. The number of carbonyl (C=O) groups is 1. The van der Waals surface area contributed by atoms with Crippen LogP contribution in [0.5, 0.6) is 11.7 Å². The summed E-state index contributed by atoms with van der Waals surface area (Å²) in [4.78, 5) is 10.4. The first kappa shape index (κ1) is 11.5. The molecule has 0 fully saturated rings. The molecule has 0 N–H and O–H groups in total. The molecule has 3 heteroatoms. The Hall–Kier alpha value is -2.03. The summed E-state index contributed by atoms with van der Waals surface area (Å²) in [5, 5.41) is 0. The monoisotopic (exact) mass is 230 g/mol. The lowest BCUT2D eigenvalue weighted by atomic mass is 10.1. The van der Waals surface area contributed by atoms with Gasteiger partial charge in [0, 0.05) is 6.07 Å². The SMILES string of the molecule is CCCc1ccc(Oc2ccc(C=O)o2)cc1. The van der Waals surface area contributed by atoms with Gasteiger partial charge < -0.3 is 9.15 Å². The lowest BCUT2D eigenvalue weighted by Gasteiger charge is -2.03. The fraction of sp³-hybridized carbons (Fsp3) is 0.214. The Balaban J connectivity index is 2.05. The average molecular weight is 230 g/mol. The molecule has 0 aliphatic heterocycles. The van der Waals surface area contributed by atoms with Crippen molar-refractivity contribution < 1.29 is 13.9 Å². The van der Waals surface area contributed by atoms with E-state index in [-0.39, 0.29) is 5.76 Å². The number of aldehydes is 1. The number of benzene rings is 1. The van der Waals surface area contributed by atoms with Crippen molar-refractivity contribution >= 4 is 6.29 Å². The van der Waals surface area contributed by atoms with Gasteiger partial charge in [-0.1, -0.05) is 25.5 Å². The number of aryl methyl sites for hydroxylation is 1. The standard InChI is InChI=1S/C14H14O3/c1-2-3-11-4-6-12(7-5-11)16-14-9-8-13(10-15)17-14/h4-10H,2-3H2,1H3. The second-order valence-electron chi connectivity index (χ2n) is 3.77. The van der Waals surface area contributed by atoms with Gasteiger partial charge in [-0.25, -0.2) is 0 Å². The number of hydrogen-bond acceptors (Lipinski definition) is 3. The van der Waals surface area contributed by atoms with E-state index in [2.05, 4.69) is 6.92 Å². The summed E-state index contributed by atoms with van der Waals surface area (Å²) < 4.78 is 10.6. The van der Waals surface area contributed by atoms with Crippen molar-refractivity contribution in [2.24, 2.45) is 0 Å². The van der Waals surface area contributed by atoms with Gasteiger partial charge in [0.1, 0.15) is 5.75 Å². The minimum absolute atomic E-state index is 0.266. The van der Waals surface area contributed by atoms with Crippen molar-refractivity contribution in [1.29, 1.82) is 0 Å². The van der Waals surface area contributed by atoms with Crippen LogP contribution < -0.4 is 4.74 Å². The summed E-state index contributed by atoms with van der Waals surface area (Å²) in [5.41, 5.74) is 1.29. The Morgan fingerprint density at radius 3 is 2.53 bits per heavy atom. The van der Waals surface area contributed by atoms with E-state index in [0.29, 0.717) is 18.0 Å². The largest absolute Gasteiger partial charge is 0.426 e. The number of hydrogen-bond donors (Lipinski definition) is 0. The first-order valence-corrected chi connectivity index (χ1v) is 5.63. The minimum atomic E-state index is 0.266. The maximum absolute atomic E-state index is 10.4. The highest BCUT2D eigenvalue weighted by Gasteiger charge is 2.03. The highest BCUT2D eigenvalue weighted by molar-refractivity contribution is 5.70. The van der Waals surface area contributed by atoms with E-state index < -0.39 is 0 Å². The molecule has 0 saturated carbocycles. The fourth-order valence-electron chi connectivity index (χ4n) is 1.58. The molecule has 17 heavy (non-hydrogen) atoms. The third kappa shape index (κ3) is 2.97. The summed E-state index contributed by atoms with van der Waals surface area (Å²) in [7, 11) is 0. The zero-order valence-corrected chi connectivity index (χ0v) is 9.68. The average Bonchev–Trinajstić information content (AvgIpc) is 2.80. The van der Waals surface area contributed by atoms with Gasteiger partial charge in [0.05, 0.1) is 0 Å². The molecule has 1 aromatic heterocycles. The predicted molar refractivity (Wildman–Crippen MR) is 64.6 cm³/mol. The summed E-state index contributed by atoms with van der Waals surface area (Å²) >= 11 is 0. The lowest BCUT2D eigenvalue weighted by Crippen LogP contribution is -1.85. The van der Waals surface area contributed by atoms with Crippen molar-refractivity contribution in [3.05, 3.63) is 47.7 Å². The maximum atomic E-state index is 10.4. The van der Waals surface area contributed by atoms with Crippen LogP contribution in [0.4, 0.5) is 0 Å². The predicted octanol–water partition coefficient (Wildman–Crippen LogP) is 3.84. The summed E-state index contributed by atoms with van der Waals surface area (Å²) in [6.45, 7) is 2.15. The molecule has 0 unspecified atom stereocenters. The molecule has 0 aliphatic carbocycles. The van der Waals surface area contributed by atoms with Gasteiger partial charge in [-0.2, -0.15) is 0 Å². The highest BCUT2D eigenvalue weighted by Crippen LogP contribution is 2.23. The van der Waals surface area contributed by atoms with Crippen molar-refractivity contribution in [3.63, 3.8) is 0 Å². The Kier molecular flexibility index (Phi) is 3.60. The molecule has 1 aromatic carbocycles. The van der Waals surface area contributed by atoms with E-state index in [9.17, 15) is 4.79 Å². The summed E-state index contributed by atoms with van der Waals surface area (Å²) in [6.07, 6.45) is 2.84. The Morgan fingerprint density at radius 2 is 1.94 bits per heavy atom. The molecule has 88 valence electrons. The third-order valence-corrected chi connectivity index (χ3v) is 2.40. The van der Waals surface area contributed by atoms with E-state index >= 15 is 0 Å². The second-order valence-corrected chi connectivity index (χ2v) is 3.77. The van der Waals surface area contributed by atoms with Crippen LogP contribution in [0.2, 0.25) is 0 Å². The zero-order chi connectivity index (χ0) is 12.1. The van der Waals surface area contributed by atoms with Crippen molar-refractivity contribution in [2.75, 3.05) is 0 Å². The van der Waals surface area contributed by atoms with Gasteiger partial charge >= 0.3 is 0 Å². The van der Waals surface area contributed by atoms with Crippen LogP contribution in [0.1, 0.15) is 29.5 Å². The van der Waals surface area contributed by atoms with E-state index in [1.807, 2.05) is 24.3 Å². The third-order valence-electron chi connectivity index (χ3n) is 2.40. The summed E-state index contributed by atoms with van der Waals surface area (Å²) in [6, 6.07) is 11.1. The van der Waals surface area contributed by atoms with E-state index in [1.54, 1.807) is 12.1 Å². The van der Waals surface area contributed by atoms with Gasteiger partial charge in [-0.15, -0.1) is 0 Å². The van der Waals surface area contributed by atoms with Crippen molar-refractivity contribution in [3.8, 4) is 11.7 Å². The topological polar surface area (TPSA) is 39.4 Å². The molecular weight excluding hydrogens is 216 g/mol. The van der Waals surface area contributed by atoms with Crippen molar-refractivity contribution in [2.45, 2.75) is 19.8 Å². The Labute approximate surface area is 100 Å². The van der Waals surface area contributed by atoms with Gasteiger partial charge in [-0.05, 0) is 30.2 Å². The van der Waals surface area contributed by atoms with Gasteiger partial charge in [0.15, 0.2) is 12.0 Å². The van der Waals surface area contributed by atoms with E-state index in [4.69, 9.17) is 9.15 Å². The van der Waals surface area contributed by atoms with E-state index in [0.717, 1.165) is 12.8 Å². The Morgan fingerprint density at radius 1 is 1.18 bits per heavy atom. The number of carbonyl (C=O) groups excluding carboxylic acids is 1. The molecule has 0 saturated heterocycles. The summed E-state index contributed by atoms with van der Waals surface area (Å²) in [5.74, 6) is 1.30. The van der Waals surface area contributed by atoms with Crippen LogP contribution in [0.25, 0.3) is 0 Å². The number of ether oxygens (including phenoxy) is 1. The molecule has 0 bridgehead atoms. The molecule has 2 aromatic rings. The molecule has 0 aliphatic rings. The van der Waals surface area contributed by atoms with Crippen LogP contribution in [-0.4, -0.2) is 6.29 Å². The van der Waals surface area contributed by atoms with Crippen LogP contribution in [-0.2, 0) is 6.42 Å². The van der Waals surface area contributed by atoms with Crippen LogP contribution in [0.15, 0.2) is 40.8 Å². The van der Waals surface area contributed by atoms with Crippen LogP contribution in [0.3, 0.4) is 0 Å². The number of rotatable bonds is 5. The molecule has 0 spiro atoms. The first-order chi connectivity index (χ1) is 8.31. The van der Waals surface area contributed by atoms with E-state index in [1.165, 1.54) is 5.56 Å². The molecule has 2 rings (SSSR count). The van der Waals surface area contributed by atoms with Gasteiger partial charge in [-0.3, -0.25) is 4.79 Å². The smallest absolute Gasteiger partial charge is 0.290 e. The van der Waals surface area contributed by atoms with Gasteiger partial charge in [0.2, 0.25) is 0 Å². The van der Waals surface area contributed by atoms with Crippen LogP contribution in [0, 0.1) is 0 Å². The number of furan rings is 1.